The second kappa shape index (κ2) is 6.66. The minimum atomic E-state index is -0.965. The Bertz CT molecular complexity index is 561. The van der Waals surface area contributed by atoms with Gasteiger partial charge in [-0.3, -0.25) is 9.59 Å². The fourth-order valence-corrected chi connectivity index (χ4v) is 1.69. The van der Waals surface area contributed by atoms with E-state index in [9.17, 15) is 9.59 Å². The molecule has 1 unspecified atom stereocenters. The first-order valence-corrected chi connectivity index (χ1v) is 6.25. The van der Waals surface area contributed by atoms with Gasteiger partial charge in [-0.1, -0.05) is 13.8 Å². The zero-order valence-corrected chi connectivity index (χ0v) is 11.7. The average Bonchev–Trinajstić information content (AvgIpc) is 2.37. The van der Waals surface area contributed by atoms with Crippen LogP contribution in [0.2, 0.25) is 0 Å². The smallest absolute Gasteiger partial charge is 0.305 e. The maximum Gasteiger partial charge on any atom is 0.305 e. The Hall–Kier alpha value is -2.42. The predicted molar refractivity (Wildman–Crippen MR) is 72.0 cm³/mol. The molecule has 0 aromatic carbocycles. The zero-order valence-electron chi connectivity index (χ0n) is 11.7. The number of amides is 1. The molecule has 1 heterocycles. The van der Waals surface area contributed by atoms with Crippen molar-refractivity contribution < 1.29 is 14.7 Å². The number of hydrogen-bond donors (Lipinski definition) is 2. The molecule has 0 saturated heterocycles. The summed E-state index contributed by atoms with van der Waals surface area (Å²) < 4.78 is 0. The molecule has 0 spiro atoms. The van der Waals surface area contributed by atoms with Crippen LogP contribution in [0.1, 0.15) is 42.0 Å². The predicted octanol–water partition coefficient (Wildman–Crippen LogP) is 1.49. The maximum atomic E-state index is 12.0. The molecule has 20 heavy (non-hydrogen) atoms. The van der Waals surface area contributed by atoms with Gasteiger partial charge in [-0.2, -0.15) is 5.26 Å². The lowest BCUT2D eigenvalue weighted by Crippen LogP contribution is -2.40. The summed E-state index contributed by atoms with van der Waals surface area (Å²) in [7, 11) is 0. The van der Waals surface area contributed by atoms with Gasteiger partial charge in [0, 0.05) is 6.04 Å². The number of aromatic nitrogens is 1. The van der Waals surface area contributed by atoms with E-state index in [0.717, 1.165) is 0 Å². The second-order valence-corrected chi connectivity index (χ2v) is 4.86. The van der Waals surface area contributed by atoms with E-state index < -0.39 is 17.9 Å². The first kappa shape index (κ1) is 15.6. The topological polar surface area (TPSA) is 103 Å². The van der Waals surface area contributed by atoms with E-state index in [1.807, 2.05) is 19.9 Å². The molecule has 1 amide bonds. The number of pyridine rings is 1. The highest BCUT2D eigenvalue weighted by atomic mass is 16.4. The number of nitriles is 1. The minimum Gasteiger partial charge on any atom is -0.481 e. The number of aryl methyl sites for hydroxylation is 1. The van der Waals surface area contributed by atoms with E-state index >= 15 is 0 Å². The lowest BCUT2D eigenvalue weighted by Gasteiger charge is -2.20. The van der Waals surface area contributed by atoms with Gasteiger partial charge in [-0.05, 0) is 25.0 Å². The highest BCUT2D eigenvalue weighted by molar-refractivity contribution is 5.92. The molecule has 0 fully saturated rings. The number of nitrogens with zero attached hydrogens (tertiary/aromatic N) is 2. The van der Waals surface area contributed by atoms with Crippen molar-refractivity contribution >= 4 is 11.9 Å². The van der Waals surface area contributed by atoms with Gasteiger partial charge in [-0.15, -0.1) is 0 Å². The summed E-state index contributed by atoms with van der Waals surface area (Å²) in [5.74, 6) is -1.40. The van der Waals surface area contributed by atoms with Gasteiger partial charge in [0.1, 0.15) is 11.8 Å². The summed E-state index contributed by atoms with van der Waals surface area (Å²) >= 11 is 0. The number of carbonyl (C=O) groups excluding carboxylic acids is 1. The maximum absolute atomic E-state index is 12.0. The number of aliphatic carboxylic acids is 1. The molecule has 6 nitrogen and oxygen atoms in total. The average molecular weight is 275 g/mol. The molecule has 1 atom stereocenters. The van der Waals surface area contributed by atoms with Crippen LogP contribution in [0.25, 0.3) is 0 Å². The molecule has 0 saturated carbocycles. The number of carbonyl (C=O) groups is 2. The number of carboxylic acids is 1. The molecule has 2 N–H and O–H groups in total. The summed E-state index contributed by atoms with van der Waals surface area (Å²) in [5, 5.41) is 20.3. The molecule has 106 valence electrons. The van der Waals surface area contributed by atoms with Crippen LogP contribution in [0.4, 0.5) is 0 Å². The SMILES string of the molecule is Cc1nc(C(=O)NC(CC(=O)O)C(C)C)ccc1C#N. The number of nitrogens with one attached hydrogen (secondary N) is 1. The van der Waals surface area contributed by atoms with Crippen molar-refractivity contribution in [1.82, 2.24) is 10.3 Å². The molecule has 0 aliphatic carbocycles. The molecule has 1 aromatic rings. The summed E-state index contributed by atoms with van der Waals surface area (Å²) in [6, 6.07) is 4.50. The van der Waals surface area contributed by atoms with Crippen LogP contribution >= 0.6 is 0 Å². The van der Waals surface area contributed by atoms with Gasteiger partial charge in [0.05, 0.1) is 17.7 Å². The quantitative estimate of drug-likeness (QED) is 0.847. The molecule has 0 aliphatic heterocycles. The Kier molecular flexibility index (Phi) is 5.21. The van der Waals surface area contributed by atoms with Crippen molar-refractivity contribution in [3.05, 3.63) is 29.1 Å². The van der Waals surface area contributed by atoms with Crippen molar-refractivity contribution in [3.8, 4) is 6.07 Å². The zero-order chi connectivity index (χ0) is 15.3. The van der Waals surface area contributed by atoms with E-state index in [0.29, 0.717) is 11.3 Å². The Morgan fingerprint density at radius 2 is 2.10 bits per heavy atom. The Morgan fingerprint density at radius 1 is 1.45 bits per heavy atom. The van der Waals surface area contributed by atoms with Gasteiger partial charge in [0.15, 0.2) is 0 Å². The fraction of sp³-hybridized carbons (Fsp3) is 0.429. The van der Waals surface area contributed by atoms with Gasteiger partial charge in [0.2, 0.25) is 0 Å². The van der Waals surface area contributed by atoms with Crippen LogP contribution < -0.4 is 5.32 Å². The lowest BCUT2D eigenvalue weighted by atomic mass is 10.0. The summed E-state index contributed by atoms with van der Waals surface area (Å²) in [6.45, 7) is 5.32. The second-order valence-electron chi connectivity index (χ2n) is 4.86. The van der Waals surface area contributed by atoms with E-state index in [4.69, 9.17) is 10.4 Å². The largest absolute Gasteiger partial charge is 0.481 e. The standard InChI is InChI=1S/C14H17N3O3/c1-8(2)12(6-13(18)19)17-14(20)11-5-4-10(7-15)9(3)16-11/h4-5,8,12H,6H2,1-3H3,(H,17,20)(H,18,19). The first-order valence-electron chi connectivity index (χ1n) is 6.25. The van der Waals surface area contributed by atoms with Crippen LogP contribution in [0.5, 0.6) is 0 Å². The summed E-state index contributed by atoms with van der Waals surface area (Å²) in [6.07, 6.45) is -0.140. The van der Waals surface area contributed by atoms with Gasteiger partial charge in [0.25, 0.3) is 5.91 Å². The van der Waals surface area contributed by atoms with E-state index in [-0.39, 0.29) is 18.0 Å². The van der Waals surface area contributed by atoms with Crippen molar-refractivity contribution in [2.45, 2.75) is 33.2 Å². The van der Waals surface area contributed by atoms with Crippen molar-refractivity contribution in [1.29, 1.82) is 5.26 Å². The van der Waals surface area contributed by atoms with E-state index in [1.54, 1.807) is 6.92 Å². The molecule has 1 aromatic heterocycles. The highest BCUT2D eigenvalue weighted by Gasteiger charge is 2.21. The Morgan fingerprint density at radius 3 is 2.55 bits per heavy atom. The van der Waals surface area contributed by atoms with E-state index in [2.05, 4.69) is 10.3 Å². The van der Waals surface area contributed by atoms with Gasteiger partial charge < -0.3 is 10.4 Å². The highest BCUT2D eigenvalue weighted by Crippen LogP contribution is 2.09. The number of hydrogen-bond acceptors (Lipinski definition) is 4. The normalized spacial score (nSPS) is 11.8. The number of carboxylic acid groups (broad SMARTS) is 1. The van der Waals surface area contributed by atoms with Gasteiger partial charge in [-0.25, -0.2) is 4.98 Å². The third-order valence-electron chi connectivity index (χ3n) is 2.95. The van der Waals surface area contributed by atoms with Crippen molar-refractivity contribution in [3.63, 3.8) is 0 Å². The van der Waals surface area contributed by atoms with E-state index in [1.165, 1.54) is 12.1 Å². The monoisotopic (exact) mass is 275 g/mol. The first-order chi connectivity index (χ1) is 9.35. The molecular formula is C14H17N3O3. The van der Waals surface area contributed by atoms with Crippen LogP contribution in [0, 0.1) is 24.2 Å². The lowest BCUT2D eigenvalue weighted by molar-refractivity contribution is -0.137. The van der Waals surface area contributed by atoms with Crippen LogP contribution in [0.15, 0.2) is 12.1 Å². The van der Waals surface area contributed by atoms with Crippen LogP contribution in [-0.4, -0.2) is 28.0 Å². The van der Waals surface area contributed by atoms with Crippen molar-refractivity contribution in [2.24, 2.45) is 5.92 Å². The number of rotatable bonds is 5. The van der Waals surface area contributed by atoms with Crippen LogP contribution in [0.3, 0.4) is 0 Å². The summed E-state index contributed by atoms with van der Waals surface area (Å²) in [4.78, 5) is 26.9. The molecule has 0 bridgehead atoms. The fourth-order valence-electron chi connectivity index (χ4n) is 1.69. The summed E-state index contributed by atoms with van der Waals surface area (Å²) in [5.41, 5.74) is 1.06. The third-order valence-corrected chi connectivity index (χ3v) is 2.95. The van der Waals surface area contributed by atoms with Gasteiger partial charge >= 0.3 is 5.97 Å². The molecule has 0 radical (unpaired) electrons. The van der Waals surface area contributed by atoms with Crippen LogP contribution in [-0.2, 0) is 4.79 Å². The molecular weight excluding hydrogens is 258 g/mol. The Labute approximate surface area is 117 Å². The third kappa shape index (κ3) is 4.05. The van der Waals surface area contributed by atoms with Crippen molar-refractivity contribution in [2.75, 3.05) is 0 Å². The Balaban J connectivity index is 2.87. The molecule has 0 aliphatic rings. The minimum absolute atomic E-state index is 0.00507. The molecule has 1 rings (SSSR count). The molecule has 6 heteroatoms.